The van der Waals surface area contributed by atoms with Gasteiger partial charge in [-0.2, -0.15) is 5.10 Å². The van der Waals surface area contributed by atoms with Gasteiger partial charge in [-0.3, -0.25) is 5.10 Å². The summed E-state index contributed by atoms with van der Waals surface area (Å²) in [6.07, 6.45) is 4.13. The Balaban J connectivity index is 0.00000121. The minimum Gasteiger partial charge on any atom is -0.388 e. The van der Waals surface area contributed by atoms with Gasteiger partial charge < -0.3 is 15.1 Å². The van der Waals surface area contributed by atoms with E-state index in [0.717, 1.165) is 48.1 Å². The third-order valence-corrected chi connectivity index (χ3v) is 4.72. The molecule has 1 aliphatic heterocycles. The monoisotopic (exact) mass is 400 g/mol. The number of hydrogen-bond acceptors (Lipinski definition) is 6. The lowest BCUT2D eigenvalue weighted by molar-refractivity contribution is 0.343. The van der Waals surface area contributed by atoms with Crippen LogP contribution >= 0.6 is 24.8 Å². The van der Waals surface area contributed by atoms with Gasteiger partial charge in [-0.1, -0.05) is 0 Å². The first-order chi connectivity index (χ1) is 11.7. The van der Waals surface area contributed by atoms with Crippen LogP contribution in [0.1, 0.15) is 19.8 Å². The Hall–Kier alpha value is -2.03. The summed E-state index contributed by atoms with van der Waals surface area (Å²) in [5, 5.41) is 21.3. The fourth-order valence-electron chi connectivity index (χ4n) is 3.35. The third kappa shape index (κ3) is 4.03. The Morgan fingerprint density at radius 2 is 2.00 bits per heavy atom. The zero-order chi connectivity index (χ0) is 16.5. The highest BCUT2D eigenvalue weighted by Crippen LogP contribution is 2.30. The van der Waals surface area contributed by atoms with Crippen LogP contribution in [-0.4, -0.2) is 39.5 Å². The van der Waals surface area contributed by atoms with Crippen molar-refractivity contribution in [2.75, 3.05) is 18.4 Å². The zero-order valence-corrected chi connectivity index (χ0v) is 15.9. The van der Waals surface area contributed by atoms with E-state index in [1.54, 1.807) is 6.20 Å². The topological polar surface area (TPSA) is 112 Å². The molecule has 1 aromatic carbocycles. The first-order valence-electron chi connectivity index (χ1n) is 8.21. The van der Waals surface area contributed by atoms with E-state index in [9.17, 15) is 4.79 Å². The smallest absolute Gasteiger partial charge is 0.388 e. The molecule has 2 aromatic heterocycles. The molecule has 3 aromatic rings. The molecule has 0 spiro atoms. The van der Waals surface area contributed by atoms with E-state index < -0.39 is 5.76 Å². The van der Waals surface area contributed by atoms with E-state index >= 15 is 0 Å². The molecule has 1 atom stereocenters. The molecule has 0 saturated carbocycles. The Morgan fingerprint density at radius 1 is 1.23 bits per heavy atom. The Bertz CT molecular complexity index is 899. The Morgan fingerprint density at radius 3 is 2.69 bits per heavy atom. The maximum absolute atomic E-state index is 11.2. The van der Waals surface area contributed by atoms with Gasteiger partial charge in [0.2, 0.25) is 5.89 Å². The van der Waals surface area contributed by atoms with Crippen LogP contribution in [0.5, 0.6) is 0 Å². The average Bonchev–Trinajstić information content (AvgIpc) is 3.24. The van der Waals surface area contributed by atoms with Crippen LogP contribution < -0.4 is 16.4 Å². The highest BCUT2D eigenvalue weighted by Gasteiger charge is 2.21. The number of aromatic nitrogens is 4. The van der Waals surface area contributed by atoms with E-state index in [4.69, 9.17) is 4.42 Å². The maximum atomic E-state index is 11.2. The lowest BCUT2D eigenvalue weighted by atomic mass is 9.91. The average molecular weight is 401 g/mol. The van der Waals surface area contributed by atoms with Gasteiger partial charge in [0.15, 0.2) is 0 Å². The number of fused-ring (bicyclic) bond motifs is 1. The van der Waals surface area contributed by atoms with Crippen LogP contribution in [0.2, 0.25) is 0 Å². The molecular weight excluding hydrogens is 379 g/mol. The van der Waals surface area contributed by atoms with Crippen LogP contribution in [0.3, 0.4) is 0 Å². The molecule has 4 rings (SSSR count). The summed E-state index contributed by atoms with van der Waals surface area (Å²) in [6, 6.07) is 4.17. The second kappa shape index (κ2) is 8.57. The number of aromatic amines is 2. The Kier molecular flexibility index (Phi) is 6.69. The predicted molar refractivity (Wildman–Crippen MR) is 105 cm³/mol. The predicted octanol–water partition coefficient (Wildman–Crippen LogP) is 2.55. The summed E-state index contributed by atoms with van der Waals surface area (Å²) < 4.78 is 5.08. The number of nitrogens with one attached hydrogen (secondary N) is 4. The molecular formula is C16H22Cl2N6O2. The number of halogens is 2. The normalized spacial score (nSPS) is 15.9. The zero-order valence-electron chi connectivity index (χ0n) is 14.2. The second-order valence-corrected chi connectivity index (χ2v) is 6.29. The van der Waals surface area contributed by atoms with Gasteiger partial charge in [-0.05, 0) is 50.9 Å². The minimum atomic E-state index is -0.563. The molecule has 0 radical (unpaired) electrons. The fourth-order valence-corrected chi connectivity index (χ4v) is 3.35. The Labute approximate surface area is 162 Å². The van der Waals surface area contributed by atoms with Crippen molar-refractivity contribution in [3.05, 3.63) is 28.9 Å². The molecule has 1 aliphatic rings. The molecule has 8 nitrogen and oxygen atoms in total. The van der Waals surface area contributed by atoms with E-state index in [0.29, 0.717) is 12.0 Å². The van der Waals surface area contributed by atoms with Gasteiger partial charge in [-0.25, -0.2) is 9.89 Å². The maximum Gasteiger partial charge on any atom is 0.434 e. The highest BCUT2D eigenvalue weighted by molar-refractivity contribution is 5.94. The van der Waals surface area contributed by atoms with Crippen LogP contribution in [0.25, 0.3) is 22.4 Å². The molecule has 26 heavy (non-hydrogen) atoms. The van der Waals surface area contributed by atoms with E-state index in [1.165, 1.54) is 0 Å². The molecule has 0 amide bonds. The van der Waals surface area contributed by atoms with Gasteiger partial charge in [0.25, 0.3) is 0 Å². The number of rotatable bonds is 4. The third-order valence-electron chi connectivity index (χ3n) is 4.72. The van der Waals surface area contributed by atoms with Crippen molar-refractivity contribution in [1.82, 2.24) is 25.7 Å². The summed E-state index contributed by atoms with van der Waals surface area (Å²) in [4.78, 5) is 11.2. The summed E-state index contributed by atoms with van der Waals surface area (Å²) in [5.74, 6) is 0.335. The van der Waals surface area contributed by atoms with E-state index in [2.05, 4.69) is 38.0 Å². The van der Waals surface area contributed by atoms with Crippen molar-refractivity contribution >= 4 is 41.4 Å². The summed E-state index contributed by atoms with van der Waals surface area (Å²) in [6.45, 7) is 4.34. The molecule has 0 aliphatic carbocycles. The van der Waals surface area contributed by atoms with Gasteiger partial charge in [-0.15, -0.1) is 29.9 Å². The van der Waals surface area contributed by atoms with Gasteiger partial charge >= 0.3 is 5.76 Å². The minimum absolute atomic E-state index is 0. The molecule has 142 valence electrons. The molecule has 1 unspecified atom stereocenters. The number of benzene rings is 1. The fraction of sp³-hybridized carbons (Fsp3) is 0.438. The number of hydrogen-bond donors (Lipinski definition) is 4. The largest absolute Gasteiger partial charge is 0.434 e. The molecule has 1 fully saturated rings. The van der Waals surface area contributed by atoms with Crippen molar-refractivity contribution in [2.24, 2.45) is 5.92 Å². The van der Waals surface area contributed by atoms with E-state index in [-0.39, 0.29) is 30.7 Å². The van der Waals surface area contributed by atoms with Gasteiger partial charge in [0, 0.05) is 22.7 Å². The standard InChI is InChI=1S/C16H20N6O2.2ClH/c1-9(10-2-4-17-5-3-10)19-13-6-11(15-21-22-16(23)24-15)7-14-12(13)8-18-20-14;;/h6-10,17,19H,2-5H2,1H3,(H,18,20)(H,22,23);2*1H. The van der Waals surface area contributed by atoms with Crippen molar-refractivity contribution in [3.8, 4) is 11.5 Å². The first-order valence-corrected chi connectivity index (χ1v) is 8.21. The quantitative estimate of drug-likeness (QED) is 0.535. The second-order valence-electron chi connectivity index (χ2n) is 6.29. The molecule has 3 heterocycles. The highest BCUT2D eigenvalue weighted by atomic mass is 35.5. The molecule has 1 saturated heterocycles. The number of H-pyrrole nitrogens is 2. The van der Waals surface area contributed by atoms with Crippen molar-refractivity contribution < 1.29 is 4.42 Å². The molecule has 0 bridgehead atoms. The summed E-state index contributed by atoms with van der Waals surface area (Å²) in [5.41, 5.74) is 2.57. The summed E-state index contributed by atoms with van der Waals surface area (Å²) in [7, 11) is 0. The number of piperidine rings is 1. The SMILES string of the molecule is CC(Nc1cc(-c2n[nH]c(=O)o2)cc2[nH]ncc12)C1CCNCC1.Cl.Cl. The van der Waals surface area contributed by atoms with Gasteiger partial charge in [0.1, 0.15) is 0 Å². The molecule has 4 N–H and O–H groups in total. The first kappa shape index (κ1) is 20.3. The molecule has 10 heteroatoms. The van der Waals surface area contributed by atoms with Crippen LogP contribution in [0.4, 0.5) is 5.69 Å². The number of nitrogens with zero attached hydrogens (tertiary/aromatic N) is 2. The van der Waals surface area contributed by atoms with Crippen LogP contribution in [0.15, 0.2) is 27.5 Å². The van der Waals surface area contributed by atoms with Crippen molar-refractivity contribution in [3.63, 3.8) is 0 Å². The van der Waals surface area contributed by atoms with Crippen molar-refractivity contribution in [1.29, 1.82) is 0 Å². The summed E-state index contributed by atoms with van der Waals surface area (Å²) >= 11 is 0. The van der Waals surface area contributed by atoms with Crippen LogP contribution in [0, 0.1) is 5.92 Å². The number of anilines is 1. The lowest BCUT2D eigenvalue weighted by Crippen LogP contribution is -2.36. The van der Waals surface area contributed by atoms with Crippen molar-refractivity contribution in [2.45, 2.75) is 25.8 Å². The van der Waals surface area contributed by atoms with Crippen LogP contribution in [-0.2, 0) is 0 Å². The lowest BCUT2D eigenvalue weighted by Gasteiger charge is -2.29. The van der Waals surface area contributed by atoms with Gasteiger partial charge in [0.05, 0.1) is 11.7 Å². The van der Waals surface area contributed by atoms with E-state index in [1.807, 2.05) is 12.1 Å².